The van der Waals surface area contributed by atoms with E-state index in [0.717, 1.165) is 12.8 Å². The van der Waals surface area contributed by atoms with Crippen LogP contribution in [0.4, 0.5) is 0 Å². The standard InChI is InChI=1S/C14H16O3/c15-13-7-11(8-2-1-3-8)10(9-4-5-9)6-12(13)14(16)17/h6-9,15H,1-5H2,(H,16,17). The lowest BCUT2D eigenvalue weighted by atomic mass is 9.77. The first-order valence-corrected chi connectivity index (χ1v) is 6.27. The van der Waals surface area contributed by atoms with Gasteiger partial charge in [-0.3, -0.25) is 0 Å². The molecular formula is C14H16O3. The summed E-state index contributed by atoms with van der Waals surface area (Å²) < 4.78 is 0. The van der Waals surface area contributed by atoms with E-state index < -0.39 is 5.97 Å². The van der Waals surface area contributed by atoms with Gasteiger partial charge in [-0.1, -0.05) is 6.42 Å². The van der Waals surface area contributed by atoms with Crippen LogP contribution >= 0.6 is 0 Å². The fraction of sp³-hybridized carbons (Fsp3) is 0.500. The van der Waals surface area contributed by atoms with Crippen molar-refractivity contribution in [1.82, 2.24) is 0 Å². The molecule has 3 heteroatoms. The molecule has 2 N–H and O–H groups in total. The zero-order chi connectivity index (χ0) is 12.0. The van der Waals surface area contributed by atoms with Gasteiger partial charge in [0.05, 0.1) is 0 Å². The summed E-state index contributed by atoms with van der Waals surface area (Å²) in [4.78, 5) is 11.0. The molecule has 0 spiro atoms. The van der Waals surface area contributed by atoms with E-state index in [1.165, 1.54) is 30.4 Å². The minimum Gasteiger partial charge on any atom is -0.507 e. The number of rotatable bonds is 3. The summed E-state index contributed by atoms with van der Waals surface area (Å²) in [5, 5.41) is 18.8. The number of aromatic hydroxyl groups is 1. The summed E-state index contributed by atoms with van der Waals surface area (Å²) in [6, 6.07) is 3.39. The van der Waals surface area contributed by atoms with Crippen LogP contribution in [0.5, 0.6) is 5.75 Å². The van der Waals surface area contributed by atoms with E-state index in [1.54, 1.807) is 12.1 Å². The third kappa shape index (κ3) is 1.79. The zero-order valence-corrected chi connectivity index (χ0v) is 9.65. The van der Waals surface area contributed by atoms with Gasteiger partial charge in [-0.15, -0.1) is 0 Å². The molecule has 0 heterocycles. The second-order valence-corrected chi connectivity index (χ2v) is 5.21. The van der Waals surface area contributed by atoms with E-state index in [2.05, 4.69) is 0 Å². The second kappa shape index (κ2) is 3.76. The molecule has 0 bridgehead atoms. The van der Waals surface area contributed by atoms with E-state index in [-0.39, 0.29) is 11.3 Å². The van der Waals surface area contributed by atoms with Crippen molar-refractivity contribution >= 4 is 5.97 Å². The summed E-state index contributed by atoms with van der Waals surface area (Å²) >= 11 is 0. The van der Waals surface area contributed by atoms with Crippen LogP contribution in [-0.2, 0) is 0 Å². The third-order valence-electron chi connectivity index (χ3n) is 3.99. The smallest absolute Gasteiger partial charge is 0.339 e. The van der Waals surface area contributed by atoms with Crippen LogP contribution in [0.25, 0.3) is 0 Å². The molecule has 0 aromatic heterocycles. The Morgan fingerprint density at radius 3 is 2.12 bits per heavy atom. The van der Waals surface area contributed by atoms with Crippen molar-refractivity contribution < 1.29 is 15.0 Å². The van der Waals surface area contributed by atoms with Gasteiger partial charge in [0.15, 0.2) is 0 Å². The first-order valence-electron chi connectivity index (χ1n) is 6.27. The lowest BCUT2D eigenvalue weighted by Crippen LogP contribution is -2.12. The minimum absolute atomic E-state index is 0.0509. The molecule has 0 radical (unpaired) electrons. The lowest BCUT2D eigenvalue weighted by molar-refractivity contribution is 0.0693. The first-order chi connectivity index (χ1) is 8.16. The fourth-order valence-corrected chi connectivity index (χ4v) is 2.61. The molecule has 0 saturated heterocycles. The summed E-state index contributed by atoms with van der Waals surface area (Å²) in [5.74, 6) is -0.0444. The monoisotopic (exact) mass is 232 g/mol. The normalized spacial score (nSPS) is 20.0. The van der Waals surface area contributed by atoms with Crippen LogP contribution in [-0.4, -0.2) is 16.2 Å². The van der Waals surface area contributed by atoms with Gasteiger partial charge in [0.1, 0.15) is 11.3 Å². The maximum atomic E-state index is 11.0. The third-order valence-corrected chi connectivity index (χ3v) is 3.99. The maximum absolute atomic E-state index is 11.0. The average Bonchev–Trinajstić information content (AvgIpc) is 2.98. The molecule has 2 fully saturated rings. The minimum atomic E-state index is -1.04. The van der Waals surface area contributed by atoms with Crippen LogP contribution in [0, 0.1) is 0 Å². The summed E-state index contributed by atoms with van der Waals surface area (Å²) in [6.45, 7) is 0. The molecule has 0 amide bonds. The molecule has 3 rings (SSSR count). The van der Waals surface area contributed by atoms with Gasteiger partial charge < -0.3 is 10.2 Å². The Kier molecular flexibility index (Phi) is 2.35. The SMILES string of the molecule is O=C(O)c1cc(C2CC2)c(C2CCC2)cc1O. The largest absolute Gasteiger partial charge is 0.507 e. The first kappa shape index (κ1) is 10.6. The Hall–Kier alpha value is -1.51. The number of carboxylic acid groups (broad SMARTS) is 1. The van der Waals surface area contributed by atoms with Crippen molar-refractivity contribution in [1.29, 1.82) is 0 Å². The Bertz CT molecular complexity index is 471. The highest BCUT2D eigenvalue weighted by Crippen LogP contribution is 2.48. The topological polar surface area (TPSA) is 57.5 Å². The highest BCUT2D eigenvalue weighted by Gasteiger charge is 2.32. The molecular weight excluding hydrogens is 216 g/mol. The van der Waals surface area contributed by atoms with E-state index in [9.17, 15) is 9.90 Å². The van der Waals surface area contributed by atoms with Crippen LogP contribution in [0.15, 0.2) is 12.1 Å². The summed E-state index contributed by atoms with van der Waals surface area (Å²) in [6.07, 6.45) is 5.90. The Labute approximate surface area is 100 Å². The molecule has 2 aliphatic carbocycles. The lowest BCUT2D eigenvalue weighted by Gasteiger charge is -2.28. The van der Waals surface area contributed by atoms with Gasteiger partial charge in [0.2, 0.25) is 0 Å². The molecule has 0 atom stereocenters. The van der Waals surface area contributed by atoms with Crippen molar-refractivity contribution in [2.24, 2.45) is 0 Å². The van der Waals surface area contributed by atoms with Crippen molar-refractivity contribution in [3.63, 3.8) is 0 Å². The molecule has 17 heavy (non-hydrogen) atoms. The van der Waals surface area contributed by atoms with Gasteiger partial charge in [0.25, 0.3) is 0 Å². The van der Waals surface area contributed by atoms with Gasteiger partial charge in [0, 0.05) is 0 Å². The van der Waals surface area contributed by atoms with E-state index in [4.69, 9.17) is 5.11 Å². The quantitative estimate of drug-likeness (QED) is 0.841. The van der Waals surface area contributed by atoms with Crippen LogP contribution < -0.4 is 0 Å². The van der Waals surface area contributed by atoms with Crippen molar-refractivity contribution in [3.05, 3.63) is 28.8 Å². The predicted molar refractivity (Wildman–Crippen MR) is 63.6 cm³/mol. The van der Waals surface area contributed by atoms with Crippen molar-refractivity contribution in [2.75, 3.05) is 0 Å². The fourth-order valence-electron chi connectivity index (χ4n) is 2.61. The van der Waals surface area contributed by atoms with Crippen LogP contribution in [0.3, 0.4) is 0 Å². The van der Waals surface area contributed by atoms with E-state index >= 15 is 0 Å². The van der Waals surface area contributed by atoms with Crippen molar-refractivity contribution in [2.45, 2.75) is 43.9 Å². The predicted octanol–water partition coefficient (Wildman–Crippen LogP) is 3.24. The number of hydrogen-bond acceptors (Lipinski definition) is 2. The number of phenols is 1. The number of hydrogen-bond donors (Lipinski definition) is 2. The summed E-state index contributed by atoms with van der Waals surface area (Å²) in [7, 11) is 0. The molecule has 2 saturated carbocycles. The molecule has 90 valence electrons. The maximum Gasteiger partial charge on any atom is 0.339 e. The molecule has 0 aliphatic heterocycles. The molecule has 2 aliphatic rings. The van der Waals surface area contributed by atoms with E-state index in [0.29, 0.717) is 11.8 Å². The van der Waals surface area contributed by atoms with Gasteiger partial charge in [-0.05, 0) is 60.8 Å². The Balaban J connectivity index is 2.07. The molecule has 0 unspecified atom stereocenters. The highest BCUT2D eigenvalue weighted by molar-refractivity contribution is 5.91. The van der Waals surface area contributed by atoms with Crippen molar-refractivity contribution in [3.8, 4) is 5.75 Å². The highest BCUT2D eigenvalue weighted by atomic mass is 16.4. The van der Waals surface area contributed by atoms with Crippen LogP contribution in [0.2, 0.25) is 0 Å². The summed E-state index contributed by atoms with van der Waals surface area (Å²) in [5.41, 5.74) is 2.42. The molecule has 3 nitrogen and oxygen atoms in total. The second-order valence-electron chi connectivity index (χ2n) is 5.21. The molecule has 1 aromatic rings. The number of aromatic carboxylic acids is 1. The Morgan fingerprint density at radius 2 is 1.65 bits per heavy atom. The Morgan fingerprint density at radius 1 is 1.06 bits per heavy atom. The number of carbonyl (C=O) groups is 1. The van der Waals surface area contributed by atoms with Gasteiger partial charge in [-0.25, -0.2) is 4.79 Å². The van der Waals surface area contributed by atoms with E-state index in [1.807, 2.05) is 0 Å². The average molecular weight is 232 g/mol. The number of carboxylic acids is 1. The van der Waals surface area contributed by atoms with Gasteiger partial charge in [-0.2, -0.15) is 0 Å². The molecule has 1 aromatic carbocycles. The zero-order valence-electron chi connectivity index (χ0n) is 9.65. The van der Waals surface area contributed by atoms with Gasteiger partial charge >= 0.3 is 5.97 Å². The van der Waals surface area contributed by atoms with Crippen LogP contribution in [0.1, 0.15) is 65.4 Å². The number of benzene rings is 1.